The second kappa shape index (κ2) is 5.64. The molecule has 1 atom stereocenters. The van der Waals surface area contributed by atoms with Crippen LogP contribution >= 0.6 is 0 Å². The fourth-order valence-electron chi connectivity index (χ4n) is 2.18. The second-order valence-electron chi connectivity index (χ2n) is 5.05. The van der Waals surface area contributed by atoms with Crippen LogP contribution in [0.3, 0.4) is 0 Å². The molecule has 0 fully saturated rings. The average molecular weight is 329 g/mol. The van der Waals surface area contributed by atoms with Gasteiger partial charge in [0, 0.05) is 17.7 Å². The lowest BCUT2D eigenvalue weighted by Crippen LogP contribution is -2.43. The van der Waals surface area contributed by atoms with Crippen LogP contribution in [0.2, 0.25) is 0 Å². The first-order valence-corrected chi connectivity index (χ1v) is 6.79. The predicted octanol–water partition coefficient (Wildman–Crippen LogP) is 2.80. The summed E-state index contributed by atoms with van der Waals surface area (Å²) in [7, 11) is 0. The van der Waals surface area contributed by atoms with Crippen LogP contribution in [0.25, 0.3) is 0 Å². The van der Waals surface area contributed by atoms with E-state index < -0.39 is 29.8 Å². The Bertz CT molecular complexity index is 649. The first-order chi connectivity index (χ1) is 10.6. The van der Waals surface area contributed by atoms with Gasteiger partial charge in [-0.1, -0.05) is 12.1 Å². The highest BCUT2D eigenvalue weighted by molar-refractivity contribution is 5.96. The van der Waals surface area contributed by atoms with Crippen molar-refractivity contribution < 1.29 is 27.9 Å². The van der Waals surface area contributed by atoms with Gasteiger partial charge in [0.05, 0.1) is 0 Å². The smallest absolute Gasteiger partial charge is 0.442 e. The first-order valence-electron chi connectivity index (χ1n) is 6.79. The van der Waals surface area contributed by atoms with Gasteiger partial charge in [0.1, 0.15) is 6.04 Å². The Morgan fingerprint density at radius 1 is 1.26 bits per heavy atom. The van der Waals surface area contributed by atoms with E-state index in [4.69, 9.17) is 5.11 Å². The number of carbonyl (C=O) groups excluding carboxylic acids is 1. The topological polar surface area (TPSA) is 82.3 Å². The zero-order valence-electron chi connectivity index (χ0n) is 12.3. The molecule has 0 spiro atoms. The van der Waals surface area contributed by atoms with Crippen molar-refractivity contribution in [3.63, 3.8) is 0 Å². The summed E-state index contributed by atoms with van der Waals surface area (Å²) in [5.41, 5.74) is -2.62. The number of halogens is 3. The number of hydrogen-bond acceptors (Lipinski definition) is 4. The first kappa shape index (κ1) is 16.9. The Hall–Kier alpha value is -2.45. The molecule has 1 aromatic carbocycles. The molecule has 1 aliphatic rings. The number of nitrogens with zero attached hydrogens (tertiary/aromatic N) is 3. The molecule has 0 aromatic heterocycles. The van der Waals surface area contributed by atoms with Crippen LogP contribution in [-0.4, -0.2) is 40.6 Å². The molecule has 1 aliphatic heterocycles. The van der Waals surface area contributed by atoms with Gasteiger partial charge in [-0.05, 0) is 26.0 Å². The number of hydrogen-bond donors (Lipinski definition) is 1. The summed E-state index contributed by atoms with van der Waals surface area (Å²) in [6, 6.07) is 3.64. The maximum Gasteiger partial charge on any atom is 0.442 e. The number of alkyl halides is 3. The van der Waals surface area contributed by atoms with E-state index in [1.807, 2.05) is 0 Å². The number of aliphatic carboxylic acids is 1. The number of benzene rings is 1. The molecule has 0 saturated heterocycles. The van der Waals surface area contributed by atoms with Gasteiger partial charge in [-0.3, -0.25) is 4.79 Å². The molecule has 0 radical (unpaired) electrons. The molecule has 0 aliphatic carbocycles. The van der Waals surface area contributed by atoms with Crippen molar-refractivity contribution >= 4 is 11.9 Å². The van der Waals surface area contributed by atoms with Crippen LogP contribution in [0.5, 0.6) is 0 Å². The van der Waals surface area contributed by atoms with Crippen molar-refractivity contribution in [1.29, 1.82) is 0 Å². The van der Waals surface area contributed by atoms with Crippen LogP contribution in [0.1, 0.15) is 29.8 Å². The lowest BCUT2D eigenvalue weighted by atomic mass is 10.0. The number of carboxylic acid groups (broad SMARTS) is 1. The summed E-state index contributed by atoms with van der Waals surface area (Å²) in [4.78, 5) is 24.4. The molecule has 6 nitrogen and oxygen atoms in total. The van der Waals surface area contributed by atoms with E-state index >= 15 is 0 Å². The van der Waals surface area contributed by atoms with Gasteiger partial charge >= 0.3 is 17.8 Å². The third-order valence-corrected chi connectivity index (χ3v) is 3.66. The van der Waals surface area contributed by atoms with Crippen molar-refractivity contribution in [2.75, 3.05) is 6.54 Å². The Kier molecular flexibility index (Phi) is 4.14. The Morgan fingerprint density at radius 3 is 2.13 bits per heavy atom. The molecule has 2 rings (SSSR count). The lowest BCUT2D eigenvalue weighted by Gasteiger charge is -2.25. The van der Waals surface area contributed by atoms with E-state index in [1.165, 1.54) is 19.1 Å². The SMILES string of the molecule is CCN(C(=O)c1ccc(C2(C(F)(F)F)N=N2)cc1)C(C)C(=O)O. The fourth-order valence-corrected chi connectivity index (χ4v) is 2.18. The Labute approximate surface area is 129 Å². The highest BCUT2D eigenvalue weighted by Crippen LogP contribution is 2.52. The number of amides is 1. The highest BCUT2D eigenvalue weighted by Gasteiger charge is 2.65. The van der Waals surface area contributed by atoms with E-state index in [-0.39, 0.29) is 17.7 Å². The second-order valence-corrected chi connectivity index (χ2v) is 5.05. The minimum atomic E-state index is -4.63. The third-order valence-electron chi connectivity index (χ3n) is 3.66. The highest BCUT2D eigenvalue weighted by atomic mass is 19.4. The van der Waals surface area contributed by atoms with E-state index in [1.54, 1.807) is 6.92 Å². The van der Waals surface area contributed by atoms with E-state index in [0.29, 0.717) is 0 Å². The van der Waals surface area contributed by atoms with Gasteiger partial charge in [-0.2, -0.15) is 13.2 Å². The van der Waals surface area contributed by atoms with Gasteiger partial charge in [0.2, 0.25) is 0 Å². The van der Waals surface area contributed by atoms with E-state index in [9.17, 15) is 22.8 Å². The zero-order valence-corrected chi connectivity index (χ0v) is 12.3. The third kappa shape index (κ3) is 2.90. The van der Waals surface area contributed by atoms with E-state index in [2.05, 4.69) is 10.2 Å². The largest absolute Gasteiger partial charge is 0.480 e. The molecule has 9 heteroatoms. The van der Waals surface area contributed by atoms with Crippen molar-refractivity contribution in [1.82, 2.24) is 4.90 Å². The maximum atomic E-state index is 12.9. The normalized spacial score (nSPS) is 16.7. The number of rotatable bonds is 5. The maximum absolute atomic E-state index is 12.9. The van der Waals surface area contributed by atoms with Crippen LogP contribution in [0.4, 0.5) is 13.2 Å². The van der Waals surface area contributed by atoms with Crippen molar-refractivity contribution in [2.45, 2.75) is 31.7 Å². The Morgan fingerprint density at radius 2 is 1.78 bits per heavy atom. The molecular formula is C14H14F3N3O3. The summed E-state index contributed by atoms with van der Waals surface area (Å²) in [5.74, 6) is -1.73. The van der Waals surface area contributed by atoms with Gasteiger partial charge in [-0.25, -0.2) is 4.79 Å². The number of likely N-dealkylation sites (N-methyl/N-ethyl adjacent to an activating group) is 1. The molecule has 124 valence electrons. The number of carbonyl (C=O) groups is 2. The van der Waals surface area contributed by atoms with Crippen LogP contribution in [0.15, 0.2) is 34.5 Å². The quantitative estimate of drug-likeness (QED) is 0.902. The predicted molar refractivity (Wildman–Crippen MR) is 72.8 cm³/mol. The molecule has 1 heterocycles. The Balaban J connectivity index is 2.23. The standard InChI is InChI=1S/C14H14F3N3O3/c1-3-20(8(2)12(22)23)11(21)9-4-6-10(7-5-9)13(18-19-13)14(15,16)17/h4-8H,3H2,1-2H3,(H,22,23). The molecule has 0 saturated carbocycles. The van der Waals surface area contributed by atoms with Crippen LogP contribution in [-0.2, 0) is 10.5 Å². The molecular weight excluding hydrogens is 315 g/mol. The van der Waals surface area contributed by atoms with Gasteiger partial charge in [0.25, 0.3) is 5.91 Å². The lowest BCUT2D eigenvalue weighted by molar-refractivity contribution is -0.166. The van der Waals surface area contributed by atoms with Crippen molar-refractivity contribution in [2.24, 2.45) is 10.2 Å². The minimum Gasteiger partial charge on any atom is -0.480 e. The van der Waals surface area contributed by atoms with Crippen LogP contribution < -0.4 is 0 Å². The average Bonchev–Trinajstić information content (AvgIpc) is 3.29. The zero-order chi connectivity index (χ0) is 17.4. The summed E-state index contributed by atoms with van der Waals surface area (Å²) in [6.07, 6.45) is -4.63. The summed E-state index contributed by atoms with van der Waals surface area (Å²) in [6.45, 7) is 3.14. The van der Waals surface area contributed by atoms with Crippen molar-refractivity contribution in [3.05, 3.63) is 35.4 Å². The fraction of sp³-hybridized carbons (Fsp3) is 0.429. The monoisotopic (exact) mass is 329 g/mol. The molecule has 1 unspecified atom stereocenters. The van der Waals surface area contributed by atoms with Crippen molar-refractivity contribution in [3.8, 4) is 0 Å². The minimum absolute atomic E-state index is 0.0988. The molecule has 0 bridgehead atoms. The van der Waals surface area contributed by atoms with Gasteiger partial charge in [0.15, 0.2) is 0 Å². The number of carboxylic acids is 1. The molecule has 23 heavy (non-hydrogen) atoms. The molecule has 1 aromatic rings. The molecule has 1 N–H and O–H groups in total. The van der Waals surface area contributed by atoms with Gasteiger partial charge in [-0.15, -0.1) is 10.2 Å². The van der Waals surface area contributed by atoms with E-state index in [0.717, 1.165) is 17.0 Å². The van der Waals surface area contributed by atoms with Crippen LogP contribution in [0, 0.1) is 0 Å². The summed E-state index contributed by atoms with van der Waals surface area (Å²) < 4.78 is 38.7. The summed E-state index contributed by atoms with van der Waals surface area (Å²) >= 11 is 0. The summed E-state index contributed by atoms with van der Waals surface area (Å²) in [5, 5.41) is 15.1. The molecule has 1 amide bonds. The van der Waals surface area contributed by atoms with Gasteiger partial charge < -0.3 is 10.0 Å².